The van der Waals surface area contributed by atoms with Gasteiger partial charge >= 0.3 is 0 Å². The normalized spacial score (nSPS) is 12.7. The van der Waals surface area contributed by atoms with E-state index in [0.717, 1.165) is 26.2 Å². The number of benzene rings is 1. The molecule has 2 heteroatoms. The molecule has 0 amide bonds. The topological polar surface area (TPSA) is 21.3 Å². The molecule has 0 spiro atoms. The monoisotopic (exact) mass is 207 g/mol. The number of nitrogens with one attached hydrogen (secondary N) is 1. The molecule has 0 saturated heterocycles. The highest BCUT2D eigenvalue weighted by molar-refractivity contribution is 5.18. The van der Waals surface area contributed by atoms with Gasteiger partial charge in [-0.25, -0.2) is 0 Å². The third kappa shape index (κ3) is 4.45. The first-order chi connectivity index (χ1) is 7.38. The number of ether oxygens (including phenoxy) is 1. The molecule has 0 bridgehead atoms. The van der Waals surface area contributed by atoms with Crippen LogP contribution in [-0.2, 0) is 4.74 Å². The van der Waals surface area contributed by atoms with Crippen molar-refractivity contribution in [3.63, 3.8) is 0 Å². The van der Waals surface area contributed by atoms with Gasteiger partial charge in [0.25, 0.3) is 0 Å². The van der Waals surface area contributed by atoms with Crippen LogP contribution in [0.5, 0.6) is 0 Å². The zero-order valence-electron chi connectivity index (χ0n) is 9.70. The fraction of sp³-hybridized carbons (Fsp3) is 0.538. The summed E-state index contributed by atoms with van der Waals surface area (Å²) < 4.78 is 5.39. The van der Waals surface area contributed by atoms with Crippen molar-refractivity contribution < 1.29 is 4.74 Å². The molecule has 0 heterocycles. The summed E-state index contributed by atoms with van der Waals surface area (Å²) in [5.41, 5.74) is 1.35. The maximum absolute atomic E-state index is 5.39. The van der Waals surface area contributed by atoms with Crippen LogP contribution in [0.1, 0.15) is 31.9 Å². The zero-order valence-corrected chi connectivity index (χ0v) is 9.70. The van der Waals surface area contributed by atoms with Gasteiger partial charge in [-0.1, -0.05) is 37.3 Å². The van der Waals surface area contributed by atoms with Gasteiger partial charge in [0.2, 0.25) is 0 Å². The average molecular weight is 207 g/mol. The highest BCUT2D eigenvalue weighted by atomic mass is 16.5. The largest absolute Gasteiger partial charge is 0.382 e. The molecule has 0 aliphatic rings. The summed E-state index contributed by atoms with van der Waals surface area (Å²) >= 11 is 0. The van der Waals surface area contributed by atoms with Gasteiger partial charge in [-0.2, -0.15) is 0 Å². The second-order valence-electron chi connectivity index (χ2n) is 3.51. The van der Waals surface area contributed by atoms with E-state index in [2.05, 4.69) is 42.6 Å². The molecule has 0 saturated carbocycles. The van der Waals surface area contributed by atoms with Crippen molar-refractivity contribution in [2.75, 3.05) is 19.8 Å². The second kappa shape index (κ2) is 7.43. The van der Waals surface area contributed by atoms with Gasteiger partial charge in [0.15, 0.2) is 0 Å². The van der Waals surface area contributed by atoms with E-state index < -0.39 is 0 Å². The maximum Gasteiger partial charge on any atom is 0.0484 e. The molecule has 2 nitrogen and oxygen atoms in total. The first-order valence-corrected chi connectivity index (χ1v) is 5.74. The first-order valence-electron chi connectivity index (χ1n) is 5.74. The minimum absolute atomic E-state index is 0.419. The fourth-order valence-corrected chi connectivity index (χ4v) is 1.66. The Labute approximate surface area is 92.6 Å². The molecule has 1 aromatic rings. The predicted octanol–water partition coefficient (Wildman–Crippen LogP) is 2.76. The maximum atomic E-state index is 5.39. The average Bonchev–Trinajstić information content (AvgIpc) is 2.29. The summed E-state index contributed by atoms with van der Waals surface area (Å²) in [6.45, 7) is 6.78. The van der Waals surface area contributed by atoms with Gasteiger partial charge < -0.3 is 10.1 Å². The third-order valence-corrected chi connectivity index (χ3v) is 2.41. The minimum atomic E-state index is 0.419. The van der Waals surface area contributed by atoms with Crippen molar-refractivity contribution in [1.82, 2.24) is 5.32 Å². The standard InChI is InChI=1S/C13H21NO/c1-3-14-13(10-11-15-4-2)12-8-6-5-7-9-12/h5-9,13-14H,3-4,10-11H2,1-2H3. The molecule has 15 heavy (non-hydrogen) atoms. The lowest BCUT2D eigenvalue weighted by Gasteiger charge is -2.18. The Kier molecular flexibility index (Phi) is 6.05. The van der Waals surface area contributed by atoms with Gasteiger partial charge in [-0.05, 0) is 25.5 Å². The molecule has 0 aliphatic carbocycles. The van der Waals surface area contributed by atoms with Crippen LogP contribution in [-0.4, -0.2) is 19.8 Å². The van der Waals surface area contributed by atoms with Crippen LogP contribution in [0, 0.1) is 0 Å². The lowest BCUT2D eigenvalue weighted by molar-refractivity contribution is 0.136. The highest BCUT2D eigenvalue weighted by Crippen LogP contribution is 2.15. The van der Waals surface area contributed by atoms with Gasteiger partial charge in [-0.15, -0.1) is 0 Å². The van der Waals surface area contributed by atoms with E-state index in [1.807, 2.05) is 6.92 Å². The van der Waals surface area contributed by atoms with Crippen LogP contribution in [0.4, 0.5) is 0 Å². The molecule has 0 aromatic heterocycles. The molecule has 0 fully saturated rings. The Balaban J connectivity index is 2.50. The van der Waals surface area contributed by atoms with E-state index in [4.69, 9.17) is 4.74 Å². The molecule has 1 rings (SSSR count). The Hall–Kier alpha value is -0.860. The molecule has 1 unspecified atom stereocenters. The number of hydrogen-bond donors (Lipinski definition) is 1. The Morgan fingerprint density at radius 1 is 1.20 bits per heavy atom. The predicted molar refractivity (Wildman–Crippen MR) is 64.0 cm³/mol. The van der Waals surface area contributed by atoms with Crippen molar-refractivity contribution in [2.45, 2.75) is 26.3 Å². The van der Waals surface area contributed by atoms with E-state index in [9.17, 15) is 0 Å². The molecule has 1 atom stereocenters. The van der Waals surface area contributed by atoms with Crippen molar-refractivity contribution in [1.29, 1.82) is 0 Å². The summed E-state index contributed by atoms with van der Waals surface area (Å²) in [6, 6.07) is 11.0. The summed E-state index contributed by atoms with van der Waals surface area (Å²) in [4.78, 5) is 0. The lowest BCUT2D eigenvalue weighted by Crippen LogP contribution is -2.22. The lowest BCUT2D eigenvalue weighted by atomic mass is 10.0. The highest BCUT2D eigenvalue weighted by Gasteiger charge is 2.08. The Morgan fingerprint density at radius 2 is 1.93 bits per heavy atom. The van der Waals surface area contributed by atoms with E-state index in [1.54, 1.807) is 0 Å². The van der Waals surface area contributed by atoms with E-state index in [1.165, 1.54) is 5.56 Å². The van der Waals surface area contributed by atoms with Gasteiger partial charge in [0.05, 0.1) is 0 Å². The summed E-state index contributed by atoms with van der Waals surface area (Å²) in [6.07, 6.45) is 1.03. The third-order valence-electron chi connectivity index (χ3n) is 2.41. The first kappa shape index (κ1) is 12.2. The van der Waals surface area contributed by atoms with Crippen molar-refractivity contribution in [3.05, 3.63) is 35.9 Å². The smallest absolute Gasteiger partial charge is 0.0484 e. The summed E-state index contributed by atoms with van der Waals surface area (Å²) in [5.74, 6) is 0. The van der Waals surface area contributed by atoms with E-state index in [-0.39, 0.29) is 0 Å². The molecule has 1 N–H and O–H groups in total. The zero-order chi connectivity index (χ0) is 10.9. The van der Waals surface area contributed by atoms with Crippen LogP contribution >= 0.6 is 0 Å². The number of hydrogen-bond acceptors (Lipinski definition) is 2. The molecule has 0 aliphatic heterocycles. The SMILES string of the molecule is CCNC(CCOCC)c1ccccc1. The molecular formula is C13H21NO. The van der Waals surface area contributed by atoms with Crippen molar-refractivity contribution >= 4 is 0 Å². The van der Waals surface area contributed by atoms with Gasteiger partial charge in [0.1, 0.15) is 0 Å². The van der Waals surface area contributed by atoms with Crippen LogP contribution in [0.15, 0.2) is 30.3 Å². The molecular weight excluding hydrogens is 186 g/mol. The minimum Gasteiger partial charge on any atom is -0.382 e. The van der Waals surface area contributed by atoms with Crippen LogP contribution in [0.25, 0.3) is 0 Å². The summed E-state index contributed by atoms with van der Waals surface area (Å²) in [5, 5.41) is 3.48. The summed E-state index contributed by atoms with van der Waals surface area (Å²) in [7, 11) is 0. The Bertz CT molecular complexity index is 248. The van der Waals surface area contributed by atoms with Crippen LogP contribution in [0.2, 0.25) is 0 Å². The van der Waals surface area contributed by atoms with Crippen LogP contribution < -0.4 is 5.32 Å². The van der Waals surface area contributed by atoms with Gasteiger partial charge in [0, 0.05) is 19.3 Å². The molecule has 0 radical (unpaired) electrons. The quantitative estimate of drug-likeness (QED) is 0.694. The van der Waals surface area contributed by atoms with Crippen molar-refractivity contribution in [2.24, 2.45) is 0 Å². The van der Waals surface area contributed by atoms with Crippen molar-refractivity contribution in [3.8, 4) is 0 Å². The molecule has 84 valence electrons. The van der Waals surface area contributed by atoms with E-state index in [0.29, 0.717) is 6.04 Å². The van der Waals surface area contributed by atoms with E-state index >= 15 is 0 Å². The fourth-order valence-electron chi connectivity index (χ4n) is 1.66. The van der Waals surface area contributed by atoms with Gasteiger partial charge in [-0.3, -0.25) is 0 Å². The Morgan fingerprint density at radius 3 is 2.53 bits per heavy atom. The number of rotatable bonds is 7. The molecule has 1 aromatic carbocycles. The van der Waals surface area contributed by atoms with Crippen LogP contribution in [0.3, 0.4) is 0 Å². The second-order valence-corrected chi connectivity index (χ2v) is 3.51.